The van der Waals surface area contributed by atoms with Crippen LogP contribution in [0.3, 0.4) is 0 Å². The molecule has 120 valence electrons. The Balaban J connectivity index is 2.22. The van der Waals surface area contributed by atoms with E-state index in [9.17, 15) is 4.79 Å². The lowest BCUT2D eigenvalue weighted by molar-refractivity contribution is 0.184. The van der Waals surface area contributed by atoms with Crippen molar-refractivity contribution in [1.29, 1.82) is 0 Å². The Labute approximate surface area is 135 Å². The molecule has 2 aromatic rings. The number of methoxy groups -OCH3 is 1. The maximum atomic E-state index is 13.0. The SMILES string of the molecule is COCCn1c(C(C)C)nc2sc3c(c2c1=O)CCC(C)C3. The van der Waals surface area contributed by atoms with Crippen LogP contribution in [-0.2, 0) is 24.1 Å². The second kappa shape index (κ2) is 6.13. The van der Waals surface area contributed by atoms with E-state index in [1.54, 1.807) is 18.4 Å². The molecule has 1 unspecified atom stereocenters. The van der Waals surface area contributed by atoms with Gasteiger partial charge in [-0.2, -0.15) is 0 Å². The fraction of sp³-hybridized carbons (Fsp3) is 0.647. The number of hydrogen-bond acceptors (Lipinski definition) is 4. The van der Waals surface area contributed by atoms with Crippen molar-refractivity contribution in [2.75, 3.05) is 13.7 Å². The minimum Gasteiger partial charge on any atom is -0.383 e. The summed E-state index contributed by atoms with van der Waals surface area (Å²) in [7, 11) is 1.67. The van der Waals surface area contributed by atoms with Gasteiger partial charge < -0.3 is 4.74 Å². The summed E-state index contributed by atoms with van der Waals surface area (Å²) in [6.07, 6.45) is 3.27. The lowest BCUT2D eigenvalue weighted by atomic mass is 9.89. The van der Waals surface area contributed by atoms with E-state index in [1.165, 1.54) is 16.9 Å². The van der Waals surface area contributed by atoms with Crippen LogP contribution in [0.2, 0.25) is 0 Å². The first-order valence-electron chi connectivity index (χ1n) is 8.06. The number of aryl methyl sites for hydroxylation is 1. The lowest BCUT2D eigenvalue weighted by Crippen LogP contribution is -2.28. The minimum absolute atomic E-state index is 0.123. The van der Waals surface area contributed by atoms with E-state index in [4.69, 9.17) is 9.72 Å². The lowest BCUT2D eigenvalue weighted by Gasteiger charge is -2.18. The van der Waals surface area contributed by atoms with Crippen molar-refractivity contribution in [2.45, 2.75) is 52.5 Å². The van der Waals surface area contributed by atoms with E-state index in [2.05, 4.69) is 20.8 Å². The highest BCUT2D eigenvalue weighted by molar-refractivity contribution is 7.18. The third-order valence-corrected chi connectivity index (χ3v) is 5.63. The molecular weight excluding hydrogens is 296 g/mol. The molecule has 22 heavy (non-hydrogen) atoms. The van der Waals surface area contributed by atoms with Crippen molar-refractivity contribution in [1.82, 2.24) is 9.55 Å². The first kappa shape index (κ1) is 15.7. The quantitative estimate of drug-likeness (QED) is 0.868. The number of rotatable bonds is 4. The van der Waals surface area contributed by atoms with E-state index in [0.29, 0.717) is 19.1 Å². The van der Waals surface area contributed by atoms with Gasteiger partial charge in [0.15, 0.2) is 0 Å². The second-order valence-electron chi connectivity index (χ2n) is 6.61. The van der Waals surface area contributed by atoms with Crippen LogP contribution in [0.4, 0.5) is 0 Å². The number of ether oxygens (including phenoxy) is 1. The summed E-state index contributed by atoms with van der Waals surface area (Å²) in [5.74, 6) is 1.81. The molecule has 1 aliphatic carbocycles. The molecule has 4 nitrogen and oxygen atoms in total. The van der Waals surface area contributed by atoms with Crippen molar-refractivity contribution in [3.63, 3.8) is 0 Å². The van der Waals surface area contributed by atoms with E-state index in [1.807, 2.05) is 4.57 Å². The van der Waals surface area contributed by atoms with Crippen LogP contribution < -0.4 is 5.56 Å². The molecule has 1 atom stereocenters. The average molecular weight is 320 g/mol. The molecule has 0 fully saturated rings. The van der Waals surface area contributed by atoms with Gasteiger partial charge in [0.1, 0.15) is 10.7 Å². The van der Waals surface area contributed by atoms with Gasteiger partial charge in [-0.3, -0.25) is 9.36 Å². The molecule has 3 rings (SSSR count). The fourth-order valence-corrected chi connectivity index (χ4v) is 4.66. The van der Waals surface area contributed by atoms with E-state index in [0.717, 1.165) is 28.9 Å². The van der Waals surface area contributed by atoms with E-state index in [-0.39, 0.29) is 11.5 Å². The predicted octanol–water partition coefficient (Wildman–Crippen LogP) is 3.35. The zero-order valence-electron chi connectivity index (χ0n) is 13.8. The topological polar surface area (TPSA) is 44.1 Å². The molecule has 0 aromatic carbocycles. The summed E-state index contributed by atoms with van der Waals surface area (Å²) in [5, 5.41) is 0.868. The van der Waals surface area contributed by atoms with Gasteiger partial charge in [-0.05, 0) is 30.7 Å². The zero-order chi connectivity index (χ0) is 15.9. The van der Waals surface area contributed by atoms with Gasteiger partial charge in [-0.15, -0.1) is 11.3 Å². The van der Waals surface area contributed by atoms with Crippen molar-refractivity contribution < 1.29 is 4.74 Å². The number of thiophene rings is 1. The molecule has 0 bridgehead atoms. The molecule has 2 heterocycles. The van der Waals surface area contributed by atoms with Crippen LogP contribution in [-0.4, -0.2) is 23.3 Å². The Bertz CT molecular complexity index is 745. The number of fused-ring (bicyclic) bond motifs is 3. The van der Waals surface area contributed by atoms with Crippen LogP contribution in [0.15, 0.2) is 4.79 Å². The molecule has 2 aromatic heterocycles. The molecule has 0 amide bonds. The largest absolute Gasteiger partial charge is 0.383 e. The van der Waals surface area contributed by atoms with Gasteiger partial charge in [0, 0.05) is 17.9 Å². The Kier molecular flexibility index (Phi) is 4.37. The summed E-state index contributed by atoms with van der Waals surface area (Å²) in [4.78, 5) is 20.2. The summed E-state index contributed by atoms with van der Waals surface area (Å²) < 4.78 is 6.99. The van der Waals surface area contributed by atoms with Crippen molar-refractivity contribution in [3.8, 4) is 0 Å². The first-order valence-corrected chi connectivity index (χ1v) is 8.88. The molecular formula is C17H24N2O2S. The van der Waals surface area contributed by atoms with Crippen LogP contribution in [0.1, 0.15) is 49.4 Å². The number of hydrogen-bond donors (Lipinski definition) is 0. The molecule has 0 radical (unpaired) electrons. The molecule has 0 saturated heterocycles. The highest BCUT2D eigenvalue weighted by Gasteiger charge is 2.24. The normalized spacial score (nSPS) is 18.1. The van der Waals surface area contributed by atoms with Gasteiger partial charge >= 0.3 is 0 Å². The van der Waals surface area contributed by atoms with E-state index >= 15 is 0 Å². The summed E-state index contributed by atoms with van der Waals surface area (Å²) in [6, 6.07) is 0. The van der Waals surface area contributed by atoms with Gasteiger partial charge in [-0.25, -0.2) is 4.98 Å². The van der Waals surface area contributed by atoms with Crippen LogP contribution >= 0.6 is 11.3 Å². The highest BCUT2D eigenvalue weighted by atomic mass is 32.1. The first-order chi connectivity index (χ1) is 10.5. The minimum atomic E-state index is 0.123. The number of nitrogens with zero attached hydrogens (tertiary/aromatic N) is 2. The Morgan fingerprint density at radius 2 is 2.23 bits per heavy atom. The van der Waals surface area contributed by atoms with Gasteiger partial charge in [0.25, 0.3) is 5.56 Å². The maximum Gasteiger partial charge on any atom is 0.262 e. The Hall–Kier alpha value is -1.20. The Morgan fingerprint density at radius 3 is 2.91 bits per heavy atom. The molecule has 0 aliphatic heterocycles. The van der Waals surface area contributed by atoms with Gasteiger partial charge in [0.2, 0.25) is 0 Å². The third-order valence-electron chi connectivity index (χ3n) is 4.48. The summed E-state index contributed by atoms with van der Waals surface area (Å²) >= 11 is 1.73. The maximum absolute atomic E-state index is 13.0. The highest BCUT2D eigenvalue weighted by Crippen LogP contribution is 2.36. The molecule has 0 spiro atoms. The fourth-order valence-electron chi connectivity index (χ4n) is 3.28. The van der Waals surface area contributed by atoms with Crippen LogP contribution in [0.5, 0.6) is 0 Å². The standard InChI is InChI=1S/C17H24N2O2S/c1-10(2)15-18-16-14(17(20)19(15)7-8-21-4)12-6-5-11(3)9-13(12)22-16/h10-11H,5-9H2,1-4H3. The number of aromatic nitrogens is 2. The summed E-state index contributed by atoms with van der Waals surface area (Å²) in [5.41, 5.74) is 1.38. The van der Waals surface area contributed by atoms with Crippen molar-refractivity contribution in [2.24, 2.45) is 5.92 Å². The van der Waals surface area contributed by atoms with Gasteiger partial charge in [-0.1, -0.05) is 20.8 Å². The third kappa shape index (κ3) is 2.61. The Morgan fingerprint density at radius 1 is 1.45 bits per heavy atom. The van der Waals surface area contributed by atoms with Gasteiger partial charge in [0.05, 0.1) is 18.5 Å². The second-order valence-corrected chi connectivity index (χ2v) is 7.69. The monoisotopic (exact) mass is 320 g/mol. The predicted molar refractivity (Wildman–Crippen MR) is 91.0 cm³/mol. The zero-order valence-corrected chi connectivity index (χ0v) is 14.6. The average Bonchev–Trinajstić information content (AvgIpc) is 2.83. The smallest absolute Gasteiger partial charge is 0.262 e. The molecule has 0 N–H and O–H groups in total. The summed E-state index contributed by atoms with van der Waals surface area (Å²) in [6.45, 7) is 7.58. The van der Waals surface area contributed by atoms with Crippen LogP contribution in [0.25, 0.3) is 10.2 Å². The molecule has 1 aliphatic rings. The van der Waals surface area contributed by atoms with Crippen molar-refractivity contribution >= 4 is 21.6 Å². The van der Waals surface area contributed by atoms with E-state index < -0.39 is 0 Å². The van der Waals surface area contributed by atoms with Crippen LogP contribution in [0, 0.1) is 5.92 Å². The molecule has 5 heteroatoms. The molecule has 0 saturated carbocycles. The van der Waals surface area contributed by atoms with Crippen molar-refractivity contribution in [3.05, 3.63) is 26.6 Å².